The van der Waals surface area contributed by atoms with Crippen LogP contribution in [0.4, 0.5) is 4.79 Å². The Labute approximate surface area is 80.7 Å². The van der Waals surface area contributed by atoms with Crippen molar-refractivity contribution < 1.29 is 14.7 Å². The van der Waals surface area contributed by atoms with Crippen LogP contribution in [0.5, 0.6) is 5.75 Å². The first-order chi connectivity index (χ1) is 6.65. The van der Waals surface area contributed by atoms with E-state index in [0.717, 1.165) is 0 Å². The molecule has 0 bridgehead atoms. The van der Waals surface area contributed by atoms with E-state index in [1.165, 1.54) is 19.2 Å². The van der Waals surface area contributed by atoms with Crippen LogP contribution in [0, 0.1) is 0 Å². The minimum Gasteiger partial charge on any atom is -0.507 e. The summed E-state index contributed by atoms with van der Waals surface area (Å²) in [6.07, 6.45) is 0. The Morgan fingerprint density at radius 2 is 1.93 bits per heavy atom. The van der Waals surface area contributed by atoms with Crippen LogP contribution >= 0.6 is 0 Å². The lowest BCUT2D eigenvalue weighted by molar-refractivity contribution is 0.0962. The summed E-state index contributed by atoms with van der Waals surface area (Å²) in [6.45, 7) is 0. The Morgan fingerprint density at radius 1 is 1.29 bits per heavy atom. The van der Waals surface area contributed by atoms with Gasteiger partial charge in [-0.3, -0.25) is 10.1 Å². The van der Waals surface area contributed by atoms with Crippen molar-refractivity contribution in [3.8, 4) is 5.75 Å². The van der Waals surface area contributed by atoms with Gasteiger partial charge in [-0.05, 0) is 12.1 Å². The number of carbonyl (C=O) groups excluding carboxylic acids is 2. The molecule has 0 saturated carbocycles. The van der Waals surface area contributed by atoms with E-state index >= 15 is 0 Å². The molecule has 0 aliphatic heterocycles. The highest BCUT2D eigenvalue weighted by Gasteiger charge is 2.11. The molecule has 0 saturated heterocycles. The highest BCUT2D eigenvalue weighted by molar-refractivity contribution is 6.05. The number of aromatic hydroxyl groups is 1. The summed E-state index contributed by atoms with van der Waals surface area (Å²) < 4.78 is 0. The molecule has 0 spiro atoms. The van der Waals surface area contributed by atoms with Crippen LogP contribution in [0.1, 0.15) is 10.4 Å². The lowest BCUT2D eigenvalue weighted by Crippen LogP contribution is -2.37. The normalized spacial score (nSPS) is 9.21. The monoisotopic (exact) mass is 194 g/mol. The number of amides is 3. The number of hydrogen-bond donors (Lipinski definition) is 3. The first kappa shape index (κ1) is 10.0. The summed E-state index contributed by atoms with van der Waals surface area (Å²) in [4.78, 5) is 22.1. The molecule has 3 amide bonds. The molecule has 0 heterocycles. The molecule has 3 N–H and O–H groups in total. The second-order valence-corrected chi connectivity index (χ2v) is 2.55. The van der Waals surface area contributed by atoms with Crippen molar-refractivity contribution in [1.82, 2.24) is 10.6 Å². The number of hydrogen-bond acceptors (Lipinski definition) is 3. The molecular weight excluding hydrogens is 184 g/mol. The molecule has 74 valence electrons. The van der Waals surface area contributed by atoms with Crippen LogP contribution in [0.25, 0.3) is 0 Å². The fourth-order valence-corrected chi connectivity index (χ4v) is 0.899. The second kappa shape index (κ2) is 4.27. The maximum absolute atomic E-state index is 11.3. The lowest BCUT2D eigenvalue weighted by atomic mass is 10.2. The van der Waals surface area contributed by atoms with E-state index in [1.807, 2.05) is 5.32 Å². The second-order valence-electron chi connectivity index (χ2n) is 2.55. The molecule has 1 rings (SSSR count). The van der Waals surface area contributed by atoms with Crippen molar-refractivity contribution in [3.05, 3.63) is 29.8 Å². The number of phenols is 1. The third kappa shape index (κ3) is 2.22. The van der Waals surface area contributed by atoms with Gasteiger partial charge in [-0.25, -0.2) is 4.79 Å². The zero-order valence-corrected chi connectivity index (χ0v) is 7.57. The molecule has 1 aromatic carbocycles. The Kier molecular flexibility index (Phi) is 3.06. The minimum atomic E-state index is -0.637. The van der Waals surface area contributed by atoms with Gasteiger partial charge < -0.3 is 10.4 Å². The van der Waals surface area contributed by atoms with Crippen LogP contribution in [0.3, 0.4) is 0 Å². The number of nitrogens with one attached hydrogen (secondary N) is 2. The van der Waals surface area contributed by atoms with E-state index in [2.05, 4.69) is 5.32 Å². The van der Waals surface area contributed by atoms with Crippen molar-refractivity contribution in [2.24, 2.45) is 0 Å². The van der Waals surface area contributed by atoms with E-state index in [0.29, 0.717) is 0 Å². The average molecular weight is 194 g/mol. The molecule has 0 aliphatic rings. The fourth-order valence-electron chi connectivity index (χ4n) is 0.899. The Morgan fingerprint density at radius 3 is 2.50 bits per heavy atom. The van der Waals surface area contributed by atoms with Gasteiger partial charge in [-0.15, -0.1) is 0 Å². The first-order valence-electron chi connectivity index (χ1n) is 3.96. The van der Waals surface area contributed by atoms with Crippen LogP contribution < -0.4 is 10.6 Å². The summed E-state index contributed by atoms with van der Waals surface area (Å²) in [5.41, 5.74) is 0.0658. The minimum absolute atomic E-state index is 0.0658. The summed E-state index contributed by atoms with van der Waals surface area (Å²) in [5.74, 6) is -0.795. The molecule has 14 heavy (non-hydrogen) atoms. The van der Waals surface area contributed by atoms with Crippen LogP contribution in [0.15, 0.2) is 24.3 Å². The van der Waals surface area contributed by atoms with Crippen molar-refractivity contribution >= 4 is 11.9 Å². The molecule has 0 unspecified atom stereocenters. The van der Waals surface area contributed by atoms with Gasteiger partial charge in [0, 0.05) is 7.05 Å². The van der Waals surface area contributed by atoms with E-state index in [-0.39, 0.29) is 11.3 Å². The molecule has 0 aliphatic carbocycles. The van der Waals surface area contributed by atoms with E-state index in [4.69, 9.17) is 0 Å². The van der Waals surface area contributed by atoms with Gasteiger partial charge in [-0.2, -0.15) is 0 Å². The number of urea groups is 1. The first-order valence-corrected chi connectivity index (χ1v) is 3.96. The number of imide groups is 1. The van der Waals surface area contributed by atoms with Gasteiger partial charge in [0.15, 0.2) is 0 Å². The number of carbonyl (C=O) groups is 2. The molecule has 0 aromatic heterocycles. The molecule has 0 atom stereocenters. The third-order valence-corrected chi connectivity index (χ3v) is 1.60. The fraction of sp³-hybridized carbons (Fsp3) is 0.111. The topological polar surface area (TPSA) is 78.4 Å². The van der Waals surface area contributed by atoms with Gasteiger partial charge in [0.05, 0.1) is 5.56 Å². The van der Waals surface area contributed by atoms with Gasteiger partial charge in [0.1, 0.15) is 5.75 Å². The maximum atomic E-state index is 11.3. The van der Waals surface area contributed by atoms with Crippen LogP contribution in [0.2, 0.25) is 0 Å². The highest BCUT2D eigenvalue weighted by atomic mass is 16.3. The van der Waals surface area contributed by atoms with E-state index in [1.54, 1.807) is 12.1 Å². The van der Waals surface area contributed by atoms with Gasteiger partial charge in [-0.1, -0.05) is 12.1 Å². The molecular formula is C9H10N2O3. The Balaban J connectivity index is 2.80. The number of benzene rings is 1. The summed E-state index contributed by atoms with van der Waals surface area (Å²) in [7, 11) is 1.40. The third-order valence-electron chi connectivity index (χ3n) is 1.60. The van der Waals surface area contributed by atoms with Crippen molar-refractivity contribution in [2.45, 2.75) is 0 Å². The Bertz CT molecular complexity index is 363. The SMILES string of the molecule is CNC(=O)NC(=O)c1ccccc1O. The number of phenolic OH excluding ortho intramolecular Hbond substituents is 1. The number of rotatable bonds is 1. The lowest BCUT2D eigenvalue weighted by Gasteiger charge is -2.04. The molecule has 0 radical (unpaired) electrons. The van der Waals surface area contributed by atoms with Gasteiger partial charge >= 0.3 is 6.03 Å². The zero-order chi connectivity index (χ0) is 10.6. The van der Waals surface area contributed by atoms with Crippen LogP contribution in [-0.2, 0) is 0 Å². The predicted octanol–water partition coefficient (Wildman–Crippen LogP) is 0.461. The Hall–Kier alpha value is -2.04. The maximum Gasteiger partial charge on any atom is 0.321 e. The highest BCUT2D eigenvalue weighted by Crippen LogP contribution is 2.14. The summed E-state index contributed by atoms with van der Waals surface area (Å²) in [5, 5.41) is 13.5. The smallest absolute Gasteiger partial charge is 0.321 e. The largest absolute Gasteiger partial charge is 0.507 e. The quantitative estimate of drug-likeness (QED) is 0.607. The zero-order valence-electron chi connectivity index (χ0n) is 7.57. The van der Waals surface area contributed by atoms with Crippen molar-refractivity contribution in [3.63, 3.8) is 0 Å². The number of para-hydroxylation sites is 1. The van der Waals surface area contributed by atoms with Crippen molar-refractivity contribution in [1.29, 1.82) is 0 Å². The van der Waals surface area contributed by atoms with Gasteiger partial charge in [0.2, 0.25) is 0 Å². The average Bonchev–Trinajstić information content (AvgIpc) is 2.18. The van der Waals surface area contributed by atoms with Crippen LogP contribution in [-0.4, -0.2) is 24.1 Å². The molecule has 1 aromatic rings. The van der Waals surface area contributed by atoms with E-state index in [9.17, 15) is 14.7 Å². The molecule has 5 heteroatoms. The van der Waals surface area contributed by atoms with Crippen molar-refractivity contribution in [2.75, 3.05) is 7.05 Å². The summed E-state index contributed by atoms with van der Waals surface area (Å²) in [6, 6.07) is 5.37. The predicted molar refractivity (Wildman–Crippen MR) is 50.0 cm³/mol. The molecule has 0 fully saturated rings. The summed E-state index contributed by atoms with van der Waals surface area (Å²) >= 11 is 0. The van der Waals surface area contributed by atoms with Gasteiger partial charge in [0.25, 0.3) is 5.91 Å². The molecule has 5 nitrogen and oxygen atoms in total. The standard InChI is InChI=1S/C9H10N2O3/c1-10-9(14)11-8(13)6-4-2-3-5-7(6)12/h2-5,12H,1H3,(H2,10,11,13,14). The van der Waals surface area contributed by atoms with E-state index < -0.39 is 11.9 Å².